The highest BCUT2D eigenvalue weighted by Crippen LogP contribution is 2.56. The fourth-order valence-electron chi connectivity index (χ4n) is 4.94. The second-order valence-electron chi connectivity index (χ2n) is 6.67. The SMILES string of the molecule is Nc1ccc(NC23CC4CC(CC(C4)C2)C3)nn1. The molecule has 0 aromatic carbocycles. The van der Waals surface area contributed by atoms with Crippen LogP contribution in [0.5, 0.6) is 0 Å². The Hall–Kier alpha value is -1.32. The summed E-state index contributed by atoms with van der Waals surface area (Å²) < 4.78 is 0. The summed E-state index contributed by atoms with van der Waals surface area (Å²) in [5.41, 5.74) is 5.89. The summed E-state index contributed by atoms with van der Waals surface area (Å²) >= 11 is 0. The molecule has 4 aliphatic carbocycles. The highest BCUT2D eigenvalue weighted by Gasteiger charge is 2.51. The lowest BCUT2D eigenvalue weighted by molar-refractivity contribution is 0.0105. The molecule has 0 aliphatic heterocycles. The van der Waals surface area contributed by atoms with Gasteiger partial charge < -0.3 is 11.1 Å². The molecule has 0 amide bonds. The van der Waals surface area contributed by atoms with Gasteiger partial charge in [-0.1, -0.05) is 0 Å². The zero-order valence-electron chi connectivity index (χ0n) is 10.6. The zero-order chi connectivity index (χ0) is 12.2. The van der Waals surface area contributed by atoms with Crippen LogP contribution >= 0.6 is 0 Å². The topological polar surface area (TPSA) is 63.8 Å². The minimum Gasteiger partial charge on any atom is -0.382 e. The number of hydrogen-bond acceptors (Lipinski definition) is 4. The first-order valence-corrected chi connectivity index (χ1v) is 7.08. The number of anilines is 2. The fraction of sp³-hybridized carbons (Fsp3) is 0.714. The average Bonchev–Trinajstić information content (AvgIpc) is 2.30. The predicted octanol–water partition coefficient (Wildman–Crippen LogP) is 2.44. The van der Waals surface area contributed by atoms with Gasteiger partial charge in [0, 0.05) is 5.54 Å². The lowest BCUT2D eigenvalue weighted by atomic mass is 9.53. The Morgan fingerprint density at radius 1 is 1.00 bits per heavy atom. The van der Waals surface area contributed by atoms with Crippen molar-refractivity contribution >= 4 is 11.6 Å². The third kappa shape index (κ3) is 1.66. The number of rotatable bonds is 2. The van der Waals surface area contributed by atoms with E-state index in [1.807, 2.05) is 12.1 Å². The minimum absolute atomic E-state index is 0.305. The third-order valence-corrected chi connectivity index (χ3v) is 5.12. The Bertz CT molecular complexity index is 418. The van der Waals surface area contributed by atoms with Crippen molar-refractivity contribution in [3.63, 3.8) is 0 Å². The van der Waals surface area contributed by atoms with Crippen LogP contribution in [-0.4, -0.2) is 15.7 Å². The first kappa shape index (κ1) is 10.6. The van der Waals surface area contributed by atoms with Crippen molar-refractivity contribution in [3.8, 4) is 0 Å². The molecule has 3 N–H and O–H groups in total. The molecule has 0 unspecified atom stereocenters. The van der Waals surface area contributed by atoms with Crippen molar-refractivity contribution < 1.29 is 0 Å². The molecule has 4 heteroatoms. The molecule has 5 rings (SSSR count). The molecule has 4 bridgehead atoms. The van der Waals surface area contributed by atoms with Gasteiger partial charge in [0.25, 0.3) is 0 Å². The first-order valence-electron chi connectivity index (χ1n) is 7.08. The molecule has 0 spiro atoms. The summed E-state index contributed by atoms with van der Waals surface area (Å²) in [5.74, 6) is 4.23. The molecule has 1 aromatic rings. The Morgan fingerprint density at radius 3 is 2.11 bits per heavy atom. The molecule has 0 atom stereocenters. The quantitative estimate of drug-likeness (QED) is 0.838. The van der Waals surface area contributed by atoms with Crippen molar-refractivity contribution in [2.24, 2.45) is 17.8 Å². The summed E-state index contributed by atoms with van der Waals surface area (Å²) in [6.45, 7) is 0. The molecular weight excluding hydrogens is 224 g/mol. The van der Waals surface area contributed by atoms with Gasteiger partial charge in [-0.15, -0.1) is 10.2 Å². The van der Waals surface area contributed by atoms with Crippen LogP contribution in [0, 0.1) is 17.8 Å². The lowest BCUT2D eigenvalue weighted by Gasteiger charge is -2.57. The lowest BCUT2D eigenvalue weighted by Crippen LogP contribution is -2.54. The van der Waals surface area contributed by atoms with E-state index in [0.717, 1.165) is 23.6 Å². The van der Waals surface area contributed by atoms with Gasteiger partial charge in [-0.05, 0) is 68.4 Å². The molecular formula is C14H20N4. The van der Waals surface area contributed by atoms with Crippen LogP contribution < -0.4 is 11.1 Å². The molecule has 18 heavy (non-hydrogen) atoms. The molecule has 1 heterocycles. The highest BCUT2D eigenvalue weighted by molar-refractivity contribution is 5.41. The predicted molar refractivity (Wildman–Crippen MR) is 71.0 cm³/mol. The highest BCUT2D eigenvalue weighted by atomic mass is 15.2. The Balaban J connectivity index is 1.58. The van der Waals surface area contributed by atoms with Crippen LogP contribution in [0.1, 0.15) is 38.5 Å². The Kier molecular flexibility index (Phi) is 2.11. The summed E-state index contributed by atoms with van der Waals surface area (Å²) in [6, 6.07) is 3.79. The second kappa shape index (κ2) is 3.59. The number of nitrogens with two attached hydrogens (primary N) is 1. The van der Waals surface area contributed by atoms with Gasteiger partial charge in [0.2, 0.25) is 0 Å². The van der Waals surface area contributed by atoms with Gasteiger partial charge >= 0.3 is 0 Å². The van der Waals surface area contributed by atoms with Crippen molar-refractivity contribution in [3.05, 3.63) is 12.1 Å². The Labute approximate surface area is 107 Å². The van der Waals surface area contributed by atoms with Crippen LogP contribution in [0.2, 0.25) is 0 Å². The maximum Gasteiger partial charge on any atom is 0.149 e. The standard InChI is InChI=1S/C14H20N4/c15-12-1-2-13(18-17-12)16-14-6-9-3-10(7-14)5-11(4-9)8-14/h1-2,9-11H,3-8H2,(H2,15,17)(H,16,18). The van der Waals surface area contributed by atoms with Crippen molar-refractivity contribution in [2.45, 2.75) is 44.1 Å². The molecule has 0 saturated heterocycles. The fourth-order valence-corrected chi connectivity index (χ4v) is 4.94. The zero-order valence-corrected chi connectivity index (χ0v) is 10.6. The van der Waals surface area contributed by atoms with Gasteiger partial charge in [0.05, 0.1) is 0 Å². The van der Waals surface area contributed by atoms with E-state index in [1.165, 1.54) is 38.5 Å². The van der Waals surface area contributed by atoms with Gasteiger partial charge in [0.15, 0.2) is 0 Å². The number of nitrogens with one attached hydrogen (secondary N) is 1. The third-order valence-electron chi connectivity index (χ3n) is 5.12. The van der Waals surface area contributed by atoms with E-state index < -0.39 is 0 Å². The summed E-state index contributed by atoms with van der Waals surface area (Å²) in [4.78, 5) is 0. The van der Waals surface area contributed by atoms with E-state index in [1.54, 1.807) is 0 Å². The number of hydrogen-bond donors (Lipinski definition) is 2. The van der Waals surface area contributed by atoms with E-state index in [2.05, 4.69) is 15.5 Å². The van der Waals surface area contributed by atoms with Crippen molar-refractivity contribution in [1.29, 1.82) is 0 Å². The van der Waals surface area contributed by atoms with Crippen LogP contribution in [0.15, 0.2) is 12.1 Å². The normalized spacial score (nSPS) is 41.0. The molecule has 0 radical (unpaired) electrons. The first-order chi connectivity index (χ1) is 8.71. The van der Waals surface area contributed by atoms with Gasteiger partial charge in [0.1, 0.15) is 11.6 Å². The average molecular weight is 244 g/mol. The number of nitrogen functional groups attached to an aromatic ring is 1. The van der Waals surface area contributed by atoms with Crippen LogP contribution in [0.4, 0.5) is 11.6 Å². The van der Waals surface area contributed by atoms with E-state index in [4.69, 9.17) is 5.73 Å². The second-order valence-corrected chi connectivity index (χ2v) is 6.67. The van der Waals surface area contributed by atoms with E-state index in [0.29, 0.717) is 11.4 Å². The largest absolute Gasteiger partial charge is 0.382 e. The van der Waals surface area contributed by atoms with E-state index in [-0.39, 0.29) is 0 Å². The van der Waals surface area contributed by atoms with Gasteiger partial charge in [-0.2, -0.15) is 0 Å². The molecule has 96 valence electrons. The minimum atomic E-state index is 0.305. The maximum atomic E-state index is 5.59. The smallest absolute Gasteiger partial charge is 0.149 e. The molecule has 4 nitrogen and oxygen atoms in total. The number of nitrogens with zero attached hydrogens (tertiary/aromatic N) is 2. The van der Waals surface area contributed by atoms with E-state index >= 15 is 0 Å². The summed E-state index contributed by atoms with van der Waals surface area (Å²) in [5, 5.41) is 11.8. The van der Waals surface area contributed by atoms with Gasteiger partial charge in [-0.3, -0.25) is 0 Å². The van der Waals surface area contributed by atoms with Crippen LogP contribution in [0.3, 0.4) is 0 Å². The molecule has 4 fully saturated rings. The van der Waals surface area contributed by atoms with Crippen LogP contribution in [0.25, 0.3) is 0 Å². The van der Waals surface area contributed by atoms with Crippen LogP contribution in [-0.2, 0) is 0 Å². The monoisotopic (exact) mass is 244 g/mol. The molecule has 1 aromatic heterocycles. The summed E-state index contributed by atoms with van der Waals surface area (Å²) in [6.07, 6.45) is 8.37. The van der Waals surface area contributed by atoms with E-state index in [9.17, 15) is 0 Å². The Morgan fingerprint density at radius 2 is 1.61 bits per heavy atom. The number of aromatic nitrogens is 2. The molecule has 4 saturated carbocycles. The van der Waals surface area contributed by atoms with Crippen molar-refractivity contribution in [2.75, 3.05) is 11.1 Å². The molecule has 4 aliphatic rings. The summed E-state index contributed by atoms with van der Waals surface area (Å²) in [7, 11) is 0. The van der Waals surface area contributed by atoms with Crippen molar-refractivity contribution in [1.82, 2.24) is 10.2 Å². The van der Waals surface area contributed by atoms with Gasteiger partial charge in [-0.25, -0.2) is 0 Å². The maximum absolute atomic E-state index is 5.59.